The first-order valence-corrected chi connectivity index (χ1v) is 7.91. The predicted molar refractivity (Wildman–Crippen MR) is 89.1 cm³/mol. The van der Waals surface area contributed by atoms with Crippen LogP contribution in [0.3, 0.4) is 0 Å². The van der Waals surface area contributed by atoms with Crippen LogP contribution in [-0.2, 0) is 6.42 Å². The topological polar surface area (TPSA) is 71.7 Å². The number of rotatable bonds is 4. The largest absolute Gasteiger partial charge is 0.493 e. The second-order valence-electron chi connectivity index (χ2n) is 5.84. The minimum atomic E-state index is -0.774. The molecule has 3 aromatic rings. The summed E-state index contributed by atoms with van der Waals surface area (Å²) >= 11 is 0. The fourth-order valence-electron chi connectivity index (χ4n) is 2.90. The van der Waals surface area contributed by atoms with E-state index in [1.807, 2.05) is 42.5 Å². The maximum absolute atomic E-state index is 12.2. The number of aliphatic hydroxyl groups excluding tert-OH is 1. The number of hydrogen-bond acceptors (Lipinski definition) is 4. The van der Waals surface area contributed by atoms with E-state index in [1.165, 1.54) is 0 Å². The minimum Gasteiger partial charge on any atom is -0.493 e. The molecule has 1 aliphatic rings. The van der Waals surface area contributed by atoms with Gasteiger partial charge in [-0.2, -0.15) is 0 Å². The van der Waals surface area contributed by atoms with Gasteiger partial charge in [0, 0.05) is 18.4 Å². The molecule has 1 aromatic heterocycles. The number of nitrogens with one attached hydrogen (secondary N) is 1. The van der Waals surface area contributed by atoms with Crippen LogP contribution in [0.15, 0.2) is 52.9 Å². The molecule has 24 heavy (non-hydrogen) atoms. The van der Waals surface area contributed by atoms with E-state index >= 15 is 0 Å². The minimum absolute atomic E-state index is 0.121. The zero-order valence-electron chi connectivity index (χ0n) is 13.0. The van der Waals surface area contributed by atoms with E-state index in [2.05, 4.69) is 5.32 Å². The zero-order chi connectivity index (χ0) is 16.5. The fourth-order valence-corrected chi connectivity index (χ4v) is 2.90. The lowest BCUT2D eigenvalue weighted by atomic mass is 10.0. The lowest BCUT2D eigenvalue weighted by Gasteiger charge is -2.12. The van der Waals surface area contributed by atoms with Gasteiger partial charge in [0.25, 0.3) is 5.91 Å². The fraction of sp³-hybridized carbons (Fsp3) is 0.211. The zero-order valence-corrected chi connectivity index (χ0v) is 13.0. The molecule has 2 aromatic carbocycles. The number of aliphatic hydroxyl groups is 1. The van der Waals surface area contributed by atoms with Crippen LogP contribution in [0.25, 0.3) is 11.0 Å². The van der Waals surface area contributed by atoms with Crippen molar-refractivity contribution in [2.24, 2.45) is 0 Å². The van der Waals surface area contributed by atoms with E-state index in [9.17, 15) is 9.90 Å². The molecule has 2 N–H and O–H groups in total. The molecule has 1 aliphatic heterocycles. The van der Waals surface area contributed by atoms with Crippen LogP contribution in [0.1, 0.15) is 27.8 Å². The van der Waals surface area contributed by atoms with Crippen LogP contribution >= 0.6 is 0 Å². The van der Waals surface area contributed by atoms with Gasteiger partial charge in [0.15, 0.2) is 5.76 Å². The van der Waals surface area contributed by atoms with Crippen LogP contribution in [0.5, 0.6) is 5.75 Å². The molecule has 4 rings (SSSR count). The van der Waals surface area contributed by atoms with Gasteiger partial charge < -0.3 is 19.6 Å². The summed E-state index contributed by atoms with van der Waals surface area (Å²) in [6.45, 7) is 0.799. The van der Waals surface area contributed by atoms with Gasteiger partial charge in [0.2, 0.25) is 0 Å². The van der Waals surface area contributed by atoms with Crippen molar-refractivity contribution >= 4 is 16.9 Å². The molecule has 0 aliphatic carbocycles. The Labute approximate surface area is 138 Å². The third-order valence-corrected chi connectivity index (χ3v) is 4.20. The van der Waals surface area contributed by atoms with E-state index in [0.717, 1.165) is 28.7 Å². The maximum Gasteiger partial charge on any atom is 0.287 e. The molecule has 5 heteroatoms. The number of fused-ring (bicyclic) bond motifs is 2. The molecule has 0 saturated carbocycles. The van der Waals surface area contributed by atoms with Crippen molar-refractivity contribution in [1.82, 2.24) is 5.32 Å². The first kappa shape index (κ1) is 14.8. The molecule has 0 unspecified atom stereocenters. The number of carbonyl (C=O) groups excluding carboxylic acids is 1. The monoisotopic (exact) mass is 323 g/mol. The normalized spacial score (nSPS) is 14.2. The molecule has 5 nitrogen and oxygen atoms in total. The lowest BCUT2D eigenvalue weighted by Crippen LogP contribution is -2.28. The Kier molecular flexibility index (Phi) is 3.70. The number of ether oxygens (including phenoxy) is 1. The van der Waals surface area contributed by atoms with Crippen molar-refractivity contribution in [3.05, 3.63) is 65.4 Å². The average molecular weight is 323 g/mol. The number of para-hydroxylation sites is 1. The van der Waals surface area contributed by atoms with Gasteiger partial charge in [-0.3, -0.25) is 4.79 Å². The SMILES string of the molecule is O=C(NC[C@@H](O)c1ccc2c(c1)CCO2)c1cc2ccccc2o1. The summed E-state index contributed by atoms with van der Waals surface area (Å²) in [6, 6.07) is 14.8. The standard InChI is InChI=1S/C19H17NO4/c21-15(12-5-6-16-14(9-12)7-8-23-16)11-20-19(22)18-10-13-3-1-2-4-17(13)24-18/h1-6,9-10,15,21H,7-8,11H2,(H,20,22)/t15-/m1/s1. The van der Waals surface area contributed by atoms with Crippen molar-refractivity contribution in [3.8, 4) is 5.75 Å². The van der Waals surface area contributed by atoms with Gasteiger partial charge >= 0.3 is 0 Å². The van der Waals surface area contributed by atoms with Gasteiger partial charge in [-0.1, -0.05) is 24.3 Å². The summed E-state index contributed by atoms with van der Waals surface area (Å²) < 4.78 is 11.0. The van der Waals surface area contributed by atoms with E-state index in [0.29, 0.717) is 12.2 Å². The highest BCUT2D eigenvalue weighted by Crippen LogP contribution is 2.28. The van der Waals surface area contributed by atoms with Crippen LogP contribution in [0.2, 0.25) is 0 Å². The molecule has 0 bridgehead atoms. The average Bonchev–Trinajstić information content (AvgIpc) is 3.24. The quantitative estimate of drug-likeness (QED) is 0.774. The summed E-state index contributed by atoms with van der Waals surface area (Å²) in [7, 11) is 0. The highest BCUT2D eigenvalue weighted by Gasteiger charge is 2.17. The molecule has 0 fully saturated rings. The van der Waals surface area contributed by atoms with Gasteiger partial charge in [-0.25, -0.2) is 0 Å². The second kappa shape index (κ2) is 6.02. The molecule has 122 valence electrons. The first-order valence-electron chi connectivity index (χ1n) is 7.91. The molecule has 1 atom stereocenters. The molecular formula is C19H17NO4. The second-order valence-corrected chi connectivity index (χ2v) is 5.84. The van der Waals surface area contributed by atoms with Crippen LogP contribution < -0.4 is 10.1 Å². The summed E-state index contributed by atoms with van der Waals surface area (Å²) in [5.41, 5.74) is 2.53. The Morgan fingerprint density at radius 3 is 2.96 bits per heavy atom. The highest BCUT2D eigenvalue weighted by atomic mass is 16.5. The molecular weight excluding hydrogens is 306 g/mol. The maximum atomic E-state index is 12.2. The Hall–Kier alpha value is -2.79. The third kappa shape index (κ3) is 2.74. The van der Waals surface area contributed by atoms with Gasteiger partial charge in [-0.15, -0.1) is 0 Å². The molecule has 0 saturated heterocycles. The van der Waals surface area contributed by atoms with Gasteiger partial charge in [-0.05, 0) is 35.4 Å². The van der Waals surface area contributed by atoms with Crippen molar-refractivity contribution < 1.29 is 19.1 Å². The Morgan fingerprint density at radius 1 is 1.21 bits per heavy atom. The summed E-state index contributed by atoms with van der Waals surface area (Å²) in [5, 5.41) is 13.9. The highest BCUT2D eigenvalue weighted by molar-refractivity contribution is 5.96. The van der Waals surface area contributed by atoms with Crippen molar-refractivity contribution in [1.29, 1.82) is 0 Å². The van der Waals surface area contributed by atoms with E-state index in [-0.39, 0.29) is 18.2 Å². The van der Waals surface area contributed by atoms with Crippen molar-refractivity contribution in [3.63, 3.8) is 0 Å². The number of carbonyl (C=O) groups is 1. The third-order valence-electron chi connectivity index (χ3n) is 4.20. The first-order chi connectivity index (χ1) is 11.7. The summed E-state index contributed by atoms with van der Waals surface area (Å²) in [5.74, 6) is 0.776. The van der Waals surface area contributed by atoms with Crippen LogP contribution in [0, 0.1) is 0 Å². The van der Waals surface area contributed by atoms with Crippen molar-refractivity contribution in [2.45, 2.75) is 12.5 Å². The molecule has 1 amide bonds. The molecule has 0 spiro atoms. The van der Waals surface area contributed by atoms with E-state index in [1.54, 1.807) is 6.07 Å². The summed E-state index contributed by atoms with van der Waals surface area (Å²) in [6.07, 6.45) is 0.0746. The summed E-state index contributed by atoms with van der Waals surface area (Å²) in [4.78, 5) is 12.2. The molecule has 0 radical (unpaired) electrons. The smallest absolute Gasteiger partial charge is 0.287 e. The number of hydrogen-bond donors (Lipinski definition) is 2. The van der Waals surface area contributed by atoms with Crippen molar-refractivity contribution in [2.75, 3.05) is 13.2 Å². The number of benzene rings is 2. The van der Waals surface area contributed by atoms with Gasteiger partial charge in [0.1, 0.15) is 11.3 Å². The number of furan rings is 1. The van der Waals surface area contributed by atoms with Crippen LogP contribution in [0.4, 0.5) is 0 Å². The Morgan fingerprint density at radius 2 is 2.08 bits per heavy atom. The predicted octanol–water partition coefficient (Wildman–Crippen LogP) is 2.83. The van der Waals surface area contributed by atoms with Gasteiger partial charge in [0.05, 0.1) is 12.7 Å². The Bertz CT molecular complexity index is 866. The lowest BCUT2D eigenvalue weighted by molar-refractivity contribution is 0.0891. The van der Waals surface area contributed by atoms with Crippen LogP contribution in [-0.4, -0.2) is 24.2 Å². The number of amides is 1. The van der Waals surface area contributed by atoms with E-state index in [4.69, 9.17) is 9.15 Å². The molecule has 2 heterocycles. The Balaban J connectivity index is 1.43. The van der Waals surface area contributed by atoms with E-state index < -0.39 is 6.10 Å².